The highest BCUT2D eigenvalue weighted by atomic mass is 32.1. The van der Waals surface area contributed by atoms with Gasteiger partial charge < -0.3 is 20.0 Å². The number of halogens is 1. The van der Waals surface area contributed by atoms with Gasteiger partial charge in [-0.05, 0) is 19.1 Å². The maximum Gasteiger partial charge on any atom is 0.194 e. The molecule has 8 heteroatoms. The van der Waals surface area contributed by atoms with Crippen molar-refractivity contribution in [1.29, 1.82) is 0 Å². The molecule has 0 aliphatic carbocycles. The third-order valence-corrected chi connectivity index (χ3v) is 5.48. The van der Waals surface area contributed by atoms with E-state index < -0.39 is 0 Å². The predicted molar refractivity (Wildman–Crippen MR) is 111 cm³/mol. The topological polar surface area (TPSA) is 47.0 Å². The zero-order valence-corrected chi connectivity index (χ0v) is 17.0. The molecule has 0 radical (unpaired) electrons. The number of hydrogen-bond donors (Lipinski definition) is 1. The minimum atomic E-state index is -0.160. The van der Waals surface area contributed by atoms with Crippen LogP contribution in [0, 0.1) is 5.82 Å². The summed E-state index contributed by atoms with van der Waals surface area (Å²) in [5.41, 5.74) is 1.65. The summed E-state index contributed by atoms with van der Waals surface area (Å²) < 4.78 is 14.0. The molecule has 2 heterocycles. The summed E-state index contributed by atoms with van der Waals surface area (Å²) in [6, 6.07) is 6.97. The predicted octanol–water partition coefficient (Wildman–Crippen LogP) is 2.64. The maximum atomic E-state index is 14.0. The Morgan fingerprint density at radius 1 is 1.26 bits per heavy atom. The van der Waals surface area contributed by atoms with Gasteiger partial charge in [0.25, 0.3) is 0 Å². The Labute approximate surface area is 164 Å². The molecule has 27 heavy (non-hydrogen) atoms. The molecule has 0 spiro atoms. The van der Waals surface area contributed by atoms with Crippen molar-refractivity contribution in [3.63, 3.8) is 0 Å². The number of piperazine rings is 1. The highest BCUT2D eigenvalue weighted by molar-refractivity contribution is 7.13. The van der Waals surface area contributed by atoms with Crippen molar-refractivity contribution in [3.05, 3.63) is 41.2 Å². The molecule has 1 aliphatic heterocycles. The van der Waals surface area contributed by atoms with Gasteiger partial charge in [-0.2, -0.15) is 0 Å². The molecule has 0 saturated carbocycles. The summed E-state index contributed by atoms with van der Waals surface area (Å²) in [5.74, 6) is 0.733. The number of thiazole rings is 1. The number of benzene rings is 1. The number of guanidine groups is 1. The lowest BCUT2D eigenvalue weighted by Crippen LogP contribution is -2.52. The summed E-state index contributed by atoms with van der Waals surface area (Å²) in [4.78, 5) is 15.7. The van der Waals surface area contributed by atoms with Crippen LogP contribution < -0.4 is 15.1 Å². The molecule has 1 aromatic heterocycles. The molecule has 0 unspecified atom stereocenters. The standard InChI is InChI=1S/C19H27FN6S/c1-4-21-18(22-13-15-14-27-19(23-15)24(2)3)26-11-9-25(10-12-26)17-8-6-5-7-16(17)20/h5-8,14H,4,9-13H2,1-3H3,(H,21,22). The van der Waals surface area contributed by atoms with Crippen molar-refractivity contribution in [2.75, 3.05) is 56.6 Å². The van der Waals surface area contributed by atoms with Gasteiger partial charge in [-0.15, -0.1) is 11.3 Å². The van der Waals surface area contributed by atoms with E-state index in [1.807, 2.05) is 31.1 Å². The Morgan fingerprint density at radius 3 is 2.63 bits per heavy atom. The molecule has 0 bridgehead atoms. The normalized spacial score (nSPS) is 15.2. The smallest absolute Gasteiger partial charge is 0.194 e. The van der Waals surface area contributed by atoms with Crippen LogP contribution in [-0.4, -0.2) is 62.7 Å². The first kappa shape index (κ1) is 19.4. The number of rotatable bonds is 5. The largest absolute Gasteiger partial charge is 0.366 e. The van der Waals surface area contributed by atoms with Crippen LogP contribution in [0.4, 0.5) is 15.2 Å². The Balaban J connectivity index is 1.63. The summed E-state index contributed by atoms with van der Waals surface area (Å²) in [6.45, 7) is 6.59. The van der Waals surface area contributed by atoms with Crippen LogP contribution in [0.5, 0.6) is 0 Å². The van der Waals surface area contributed by atoms with E-state index in [9.17, 15) is 4.39 Å². The van der Waals surface area contributed by atoms with Gasteiger partial charge in [-0.25, -0.2) is 14.4 Å². The van der Waals surface area contributed by atoms with Crippen LogP contribution in [0.1, 0.15) is 12.6 Å². The fraction of sp³-hybridized carbons (Fsp3) is 0.474. The van der Waals surface area contributed by atoms with E-state index in [4.69, 9.17) is 4.99 Å². The van der Waals surface area contributed by atoms with Crippen LogP contribution in [0.3, 0.4) is 0 Å². The van der Waals surface area contributed by atoms with E-state index in [1.165, 1.54) is 6.07 Å². The van der Waals surface area contributed by atoms with Crippen LogP contribution in [-0.2, 0) is 6.54 Å². The molecule has 1 aliphatic rings. The second-order valence-electron chi connectivity index (χ2n) is 6.61. The van der Waals surface area contributed by atoms with Gasteiger partial charge in [0.2, 0.25) is 0 Å². The molecule has 3 rings (SSSR count). The molecule has 2 aromatic rings. The number of nitrogens with zero attached hydrogens (tertiary/aromatic N) is 5. The summed E-state index contributed by atoms with van der Waals surface area (Å²) >= 11 is 1.63. The lowest BCUT2D eigenvalue weighted by Gasteiger charge is -2.37. The average molecular weight is 391 g/mol. The Kier molecular flexibility index (Phi) is 6.49. The number of aromatic nitrogens is 1. The van der Waals surface area contributed by atoms with Gasteiger partial charge in [0, 0.05) is 52.2 Å². The molecule has 146 valence electrons. The number of anilines is 2. The SMILES string of the molecule is CCNC(=NCc1csc(N(C)C)n1)N1CCN(c2ccccc2F)CC1. The van der Waals surface area contributed by atoms with E-state index in [0.29, 0.717) is 12.2 Å². The number of aliphatic imine (C=N–C) groups is 1. The van der Waals surface area contributed by atoms with E-state index in [1.54, 1.807) is 17.4 Å². The lowest BCUT2D eigenvalue weighted by molar-refractivity contribution is 0.370. The summed E-state index contributed by atoms with van der Waals surface area (Å²) in [5, 5.41) is 6.41. The third kappa shape index (κ3) is 4.88. The van der Waals surface area contributed by atoms with Gasteiger partial charge in [0.05, 0.1) is 17.9 Å². The minimum absolute atomic E-state index is 0.160. The van der Waals surface area contributed by atoms with Crippen molar-refractivity contribution in [2.24, 2.45) is 4.99 Å². The second kappa shape index (κ2) is 9.03. The number of para-hydroxylation sites is 1. The zero-order valence-electron chi connectivity index (χ0n) is 16.2. The minimum Gasteiger partial charge on any atom is -0.366 e. The van der Waals surface area contributed by atoms with Crippen LogP contribution in [0.2, 0.25) is 0 Å². The molecule has 0 atom stereocenters. The molecule has 1 aromatic carbocycles. The van der Waals surface area contributed by atoms with Crippen molar-refractivity contribution in [2.45, 2.75) is 13.5 Å². The Morgan fingerprint density at radius 2 is 2.00 bits per heavy atom. The highest BCUT2D eigenvalue weighted by Crippen LogP contribution is 2.21. The quantitative estimate of drug-likeness (QED) is 0.628. The van der Waals surface area contributed by atoms with Crippen molar-refractivity contribution in [3.8, 4) is 0 Å². The molecular weight excluding hydrogens is 363 g/mol. The van der Waals surface area contributed by atoms with E-state index in [0.717, 1.165) is 49.5 Å². The van der Waals surface area contributed by atoms with Crippen LogP contribution >= 0.6 is 11.3 Å². The Hall–Kier alpha value is -2.35. The van der Waals surface area contributed by atoms with Gasteiger partial charge in [0.15, 0.2) is 11.1 Å². The molecule has 6 nitrogen and oxygen atoms in total. The zero-order chi connectivity index (χ0) is 19.2. The number of nitrogens with one attached hydrogen (secondary N) is 1. The first-order valence-electron chi connectivity index (χ1n) is 9.23. The van der Waals surface area contributed by atoms with Crippen LogP contribution in [0.25, 0.3) is 0 Å². The fourth-order valence-corrected chi connectivity index (χ4v) is 3.77. The van der Waals surface area contributed by atoms with Gasteiger partial charge in [0.1, 0.15) is 5.82 Å². The van der Waals surface area contributed by atoms with Gasteiger partial charge >= 0.3 is 0 Å². The lowest BCUT2D eigenvalue weighted by atomic mass is 10.2. The molecule has 1 fully saturated rings. The average Bonchev–Trinajstić information content (AvgIpc) is 3.15. The number of hydrogen-bond acceptors (Lipinski definition) is 5. The Bertz CT molecular complexity index is 767. The molecular formula is C19H27FN6S. The van der Waals surface area contributed by atoms with E-state index >= 15 is 0 Å². The summed E-state index contributed by atoms with van der Waals surface area (Å²) in [7, 11) is 3.98. The molecule has 1 saturated heterocycles. The maximum absolute atomic E-state index is 14.0. The van der Waals surface area contributed by atoms with Crippen molar-refractivity contribution in [1.82, 2.24) is 15.2 Å². The van der Waals surface area contributed by atoms with Crippen LogP contribution in [0.15, 0.2) is 34.6 Å². The first-order chi connectivity index (χ1) is 13.1. The molecule has 1 N–H and O–H groups in total. The van der Waals surface area contributed by atoms with Crippen molar-refractivity contribution < 1.29 is 4.39 Å². The third-order valence-electron chi connectivity index (χ3n) is 4.42. The summed E-state index contributed by atoms with van der Waals surface area (Å²) in [6.07, 6.45) is 0. The highest BCUT2D eigenvalue weighted by Gasteiger charge is 2.21. The van der Waals surface area contributed by atoms with Gasteiger partial charge in [-0.3, -0.25) is 0 Å². The van der Waals surface area contributed by atoms with E-state index in [-0.39, 0.29) is 5.82 Å². The van der Waals surface area contributed by atoms with Gasteiger partial charge in [-0.1, -0.05) is 12.1 Å². The van der Waals surface area contributed by atoms with Crippen molar-refractivity contribution >= 4 is 28.1 Å². The second-order valence-corrected chi connectivity index (χ2v) is 7.45. The first-order valence-corrected chi connectivity index (χ1v) is 10.1. The fourth-order valence-electron chi connectivity index (χ4n) is 3.02. The monoisotopic (exact) mass is 390 g/mol. The van der Waals surface area contributed by atoms with E-state index in [2.05, 4.69) is 32.4 Å². The molecule has 0 amide bonds.